The van der Waals surface area contributed by atoms with E-state index in [9.17, 15) is 0 Å². The van der Waals surface area contributed by atoms with E-state index in [1.54, 1.807) is 0 Å². The smallest absolute Gasteiger partial charge is 0.0410 e. The summed E-state index contributed by atoms with van der Waals surface area (Å²) in [5, 5.41) is 0. The maximum Gasteiger partial charge on any atom is 0.0410 e. The lowest BCUT2D eigenvalue weighted by atomic mass is 9.82. The Bertz CT molecular complexity index is 452. The summed E-state index contributed by atoms with van der Waals surface area (Å²) in [6.07, 6.45) is 4.81. The minimum atomic E-state index is 0.208. The van der Waals surface area contributed by atoms with Crippen molar-refractivity contribution < 1.29 is 0 Å². The first kappa shape index (κ1) is 15.8. The second kappa shape index (κ2) is 6.48. The predicted molar refractivity (Wildman–Crippen MR) is 91.3 cm³/mol. The van der Waals surface area contributed by atoms with E-state index in [0.717, 1.165) is 10.9 Å². The molecule has 20 heavy (non-hydrogen) atoms. The van der Waals surface area contributed by atoms with Gasteiger partial charge in [0.15, 0.2) is 0 Å². The lowest BCUT2D eigenvalue weighted by molar-refractivity contribution is 0.301. The van der Waals surface area contributed by atoms with E-state index in [1.165, 1.54) is 43.6 Å². The quantitative estimate of drug-likeness (QED) is 0.864. The summed E-state index contributed by atoms with van der Waals surface area (Å²) in [6.45, 7) is 9.10. The Labute approximate surface area is 131 Å². The topological polar surface area (TPSA) is 29.3 Å². The summed E-state index contributed by atoms with van der Waals surface area (Å²) in [4.78, 5) is 2.56. The van der Waals surface area contributed by atoms with Crippen LogP contribution in [0, 0.1) is 5.41 Å². The Morgan fingerprint density at radius 3 is 2.60 bits per heavy atom. The highest BCUT2D eigenvalue weighted by atomic mass is 79.9. The van der Waals surface area contributed by atoms with Crippen LogP contribution in [-0.4, -0.2) is 19.1 Å². The predicted octanol–water partition coefficient (Wildman–Crippen LogP) is 4.36. The zero-order chi connectivity index (χ0) is 14.8. The molecule has 112 valence electrons. The molecule has 2 nitrogen and oxygen atoms in total. The molecule has 1 aliphatic rings. The molecule has 1 fully saturated rings. The molecule has 1 unspecified atom stereocenters. The van der Waals surface area contributed by atoms with Crippen LogP contribution in [0.1, 0.15) is 45.6 Å². The molecule has 1 aliphatic heterocycles. The number of anilines is 1. The molecular weight excluding hydrogens is 312 g/mol. The van der Waals surface area contributed by atoms with Crippen molar-refractivity contribution in [2.75, 3.05) is 18.0 Å². The van der Waals surface area contributed by atoms with Gasteiger partial charge in [0.05, 0.1) is 0 Å². The Balaban J connectivity index is 2.26. The number of benzene rings is 1. The number of rotatable bonds is 5. The van der Waals surface area contributed by atoms with Gasteiger partial charge < -0.3 is 10.6 Å². The Morgan fingerprint density at radius 2 is 2.05 bits per heavy atom. The van der Waals surface area contributed by atoms with Gasteiger partial charge in [-0.2, -0.15) is 0 Å². The summed E-state index contributed by atoms with van der Waals surface area (Å²) in [7, 11) is 0. The second-order valence-electron chi connectivity index (χ2n) is 6.33. The standard InChI is InChI=1S/C17H27BrN2/c1-4-17(5-2)8-9-20(12-17)16-11-15(18)7-6-14(16)10-13(3)19/h6-7,11,13H,4-5,8-10,12,19H2,1-3H3. The van der Waals surface area contributed by atoms with Gasteiger partial charge in [0.1, 0.15) is 0 Å². The Hall–Kier alpha value is -0.540. The average Bonchev–Trinajstić information content (AvgIpc) is 2.85. The van der Waals surface area contributed by atoms with Crippen LogP contribution in [0.5, 0.6) is 0 Å². The number of nitrogens with two attached hydrogens (primary N) is 1. The summed E-state index contributed by atoms with van der Waals surface area (Å²) in [5.74, 6) is 0. The van der Waals surface area contributed by atoms with E-state index < -0.39 is 0 Å². The lowest BCUT2D eigenvalue weighted by Gasteiger charge is -2.28. The number of nitrogens with zero attached hydrogens (tertiary/aromatic N) is 1. The molecule has 0 aliphatic carbocycles. The zero-order valence-corrected chi connectivity index (χ0v) is 14.5. The summed E-state index contributed by atoms with van der Waals surface area (Å²) in [5.41, 5.74) is 9.27. The summed E-state index contributed by atoms with van der Waals surface area (Å²) >= 11 is 3.61. The molecule has 0 saturated carbocycles. The fraction of sp³-hybridized carbons (Fsp3) is 0.647. The molecule has 1 saturated heterocycles. The van der Waals surface area contributed by atoms with Crippen LogP contribution < -0.4 is 10.6 Å². The third-order valence-corrected chi connectivity index (χ3v) is 5.36. The van der Waals surface area contributed by atoms with E-state index in [1.807, 2.05) is 0 Å². The van der Waals surface area contributed by atoms with Gasteiger partial charge in [-0.3, -0.25) is 0 Å². The van der Waals surface area contributed by atoms with Gasteiger partial charge in [-0.05, 0) is 55.7 Å². The molecule has 0 radical (unpaired) electrons. The SMILES string of the molecule is CCC1(CC)CCN(c2cc(Br)ccc2CC(C)N)C1. The van der Waals surface area contributed by atoms with E-state index in [2.05, 4.69) is 59.8 Å². The highest BCUT2D eigenvalue weighted by Crippen LogP contribution is 2.40. The fourth-order valence-electron chi connectivity index (χ4n) is 3.32. The van der Waals surface area contributed by atoms with Crippen molar-refractivity contribution in [2.24, 2.45) is 11.1 Å². The first-order valence-corrected chi connectivity index (χ1v) is 8.58. The fourth-order valence-corrected chi connectivity index (χ4v) is 3.67. The first-order chi connectivity index (χ1) is 9.49. The van der Waals surface area contributed by atoms with Crippen LogP contribution in [0.2, 0.25) is 0 Å². The van der Waals surface area contributed by atoms with Crippen molar-refractivity contribution in [1.29, 1.82) is 0 Å². The molecule has 1 heterocycles. The van der Waals surface area contributed by atoms with Crippen molar-refractivity contribution in [3.8, 4) is 0 Å². The number of hydrogen-bond acceptors (Lipinski definition) is 2. The molecule has 1 aromatic carbocycles. The molecule has 2 N–H and O–H groups in total. The van der Waals surface area contributed by atoms with Crippen molar-refractivity contribution in [2.45, 2.75) is 52.5 Å². The van der Waals surface area contributed by atoms with Gasteiger partial charge in [0.2, 0.25) is 0 Å². The van der Waals surface area contributed by atoms with Gasteiger partial charge in [-0.25, -0.2) is 0 Å². The van der Waals surface area contributed by atoms with Crippen LogP contribution in [-0.2, 0) is 6.42 Å². The molecular formula is C17H27BrN2. The van der Waals surface area contributed by atoms with Gasteiger partial charge in [-0.1, -0.05) is 35.8 Å². The van der Waals surface area contributed by atoms with E-state index >= 15 is 0 Å². The van der Waals surface area contributed by atoms with Crippen molar-refractivity contribution in [3.05, 3.63) is 28.2 Å². The molecule has 3 heteroatoms. The first-order valence-electron chi connectivity index (χ1n) is 7.78. The van der Waals surface area contributed by atoms with Crippen LogP contribution >= 0.6 is 15.9 Å². The summed E-state index contributed by atoms with van der Waals surface area (Å²) < 4.78 is 1.16. The van der Waals surface area contributed by atoms with Gasteiger partial charge >= 0.3 is 0 Å². The van der Waals surface area contributed by atoms with Crippen LogP contribution in [0.3, 0.4) is 0 Å². The van der Waals surface area contributed by atoms with Crippen LogP contribution in [0.25, 0.3) is 0 Å². The zero-order valence-electron chi connectivity index (χ0n) is 13.0. The van der Waals surface area contributed by atoms with E-state index in [0.29, 0.717) is 5.41 Å². The lowest BCUT2D eigenvalue weighted by Crippen LogP contribution is -2.27. The molecule has 0 aromatic heterocycles. The summed E-state index contributed by atoms with van der Waals surface area (Å²) in [6, 6.07) is 6.82. The van der Waals surface area contributed by atoms with E-state index in [-0.39, 0.29) is 6.04 Å². The highest BCUT2D eigenvalue weighted by molar-refractivity contribution is 9.10. The normalized spacial score (nSPS) is 19.4. The molecule has 1 aromatic rings. The number of hydrogen-bond donors (Lipinski definition) is 1. The molecule has 0 amide bonds. The molecule has 2 rings (SSSR count). The van der Waals surface area contributed by atoms with Crippen molar-refractivity contribution >= 4 is 21.6 Å². The maximum absolute atomic E-state index is 6.01. The maximum atomic E-state index is 6.01. The largest absolute Gasteiger partial charge is 0.371 e. The van der Waals surface area contributed by atoms with Crippen LogP contribution in [0.15, 0.2) is 22.7 Å². The Kier molecular flexibility index (Phi) is 5.14. The van der Waals surface area contributed by atoms with Crippen molar-refractivity contribution in [1.82, 2.24) is 0 Å². The average molecular weight is 339 g/mol. The second-order valence-corrected chi connectivity index (χ2v) is 7.25. The molecule has 1 atom stereocenters. The van der Waals surface area contributed by atoms with Gasteiger partial charge in [0.25, 0.3) is 0 Å². The van der Waals surface area contributed by atoms with Crippen molar-refractivity contribution in [3.63, 3.8) is 0 Å². The number of halogens is 1. The Morgan fingerprint density at radius 1 is 1.35 bits per heavy atom. The monoisotopic (exact) mass is 338 g/mol. The highest BCUT2D eigenvalue weighted by Gasteiger charge is 2.35. The molecule has 0 bridgehead atoms. The minimum Gasteiger partial charge on any atom is -0.371 e. The minimum absolute atomic E-state index is 0.208. The van der Waals surface area contributed by atoms with Gasteiger partial charge in [-0.15, -0.1) is 0 Å². The van der Waals surface area contributed by atoms with Gasteiger partial charge in [0, 0.05) is 29.3 Å². The third kappa shape index (κ3) is 3.37. The van der Waals surface area contributed by atoms with E-state index in [4.69, 9.17) is 5.73 Å². The molecule has 0 spiro atoms. The third-order valence-electron chi connectivity index (χ3n) is 4.87. The van der Waals surface area contributed by atoms with Crippen LogP contribution in [0.4, 0.5) is 5.69 Å².